The molecule has 2 N–H and O–H groups in total. The van der Waals surface area contributed by atoms with Gasteiger partial charge in [-0.05, 0) is 87.9 Å². The number of nitrogens with two attached hydrogens (primary N) is 1. The van der Waals surface area contributed by atoms with Gasteiger partial charge < -0.3 is 10.5 Å². The van der Waals surface area contributed by atoms with E-state index in [-0.39, 0.29) is 6.10 Å². The Hall–Kier alpha value is -0.320. The van der Waals surface area contributed by atoms with Gasteiger partial charge in [0, 0.05) is 0 Å². The fourth-order valence-corrected chi connectivity index (χ4v) is 3.53. The lowest BCUT2D eigenvalue weighted by Crippen LogP contribution is -2.16. The van der Waals surface area contributed by atoms with Gasteiger partial charge in [0.05, 0.1) is 8.95 Å². The van der Waals surface area contributed by atoms with Crippen LogP contribution in [0.3, 0.4) is 0 Å². The van der Waals surface area contributed by atoms with E-state index in [0.29, 0.717) is 6.54 Å². The van der Waals surface area contributed by atoms with Crippen molar-refractivity contribution in [3.8, 4) is 5.75 Å². The number of rotatable bonds is 4. The van der Waals surface area contributed by atoms with E-state index in [1.807, 2.05) is 0 Å². The summed E-state index contributed by atoms with van der Waals surface area (Å²) >= 11 is 7.15. The predicted molar refractivity (Wildman–Crippen MR) is 82.0 cm³/mol. The quantitative estimate of drug-likeness (QED) is 0.801. The summed E-state index contributed by atoms with van der Waals surface area (Å²) < 4.78 is 8.01. The minimum Gasteiger partial charge on any atom is -0.484 e. The largest absolute Gasteiger partial charge is 0.484 e. The Labute approximate surface area is 125 Å². The van der Waals surface area contributed by atoms with Gasteiger partial charge in [-0.1, -0.05) is 6.08 Å². The van der Waals surface area contributed by atoms with E-state index < -0.39 is 0 Å². The monoisotopic (exact) mass is 373 g/mol. The first-order valence-corrected chi connectivity index (χ1v) is 7.80. The summed E-state index contributed by atoms with van der Waals surface area (Å²) in [5.41, 5.74) is 6.79. The average Bonchev–Trinajstić information content (AvgIpc) is 2.36. The molecule has 2 nitrogen and oxygen atoms in total. The number of halogens is 2. The molecule has 0 fully saturated rings. The summed E-state index contributed by atoms with van der Waals surface area (Å²) in [7, 11) is 0. The SMILES string of the molecule is NCCc1cc(Br)c(OC2C=CCCC2)c(Br)c1. The first-order chi connectivity index (χ1) is 8.70. The number of allylic oxidation sites excluding steroid dienone is 1. The molecule has 0 aromatic heterocycles. The number of ether oxygens (including phenoxy) is 1. The van der Waals surface area contributed by atoms with E-state index >= 15 is 0 Å². The van der Waals surface area contributed by atoms with Crippen molar-refractivity contribution in [2.24, 2.45) is 5.73 Å². The molecular weight excluding hydrogens is 358 g/mol. The zero-order chi connectivity index (χ0) is 13.0. The Morgan fingerprint density at radius 1 is 1.28 bits per heavy atom. The van der Waals surface area contributed by atoms with Crippen LogP contribution in [0.2, 0.25) is 0 Å². The summed E-state index contributed by atoms with van der Waals surface area (Å²) in [5, 5.41) is 0. The normalized spacial score (nSPS) is 18.9. The molecule has 18 heavy (non-hydrogen) atoms. The fourth-order valence-electron chi connectivity index (χ4n) is 2.07. The number of hydrogen-bond donors (Lipinski definition) is 1. The zero-order valence-corrected chi connectivity index (χ0v) is 13.3. The molecular formula is C14H17Br2NO. The second kappa shape index (κ2) is 6.73. The van der Waals surface area contributed by atoms with Crippen LogP contribution in [-0.2, 0) is 6.42 Å². The van der Waals surface area contributed by atoms with Crippen LogP contribution >= 0.6 is 31.9 Å². The fraction of sp³-hybridized carbons (Fsp3) is 0.429. The lowest BCUT2D eigenvalue weighted by atomic mass is 10.1. The van der Waals surface area contributed by atoms with E-state index in [1.165, 1.54) is 12.0 Å². The third kappa shape index (κ3) is 3.59. The highest BCUT2D eigenvalue weighted by atomic mass is 79.9. The maximum Gasteiger partial charge on any atom is 0.148 e. The topological polar surface area (TPSA) is 35.2 Å². The van der Waals surface area contributed by atoms with Gasteiger partial charge in [0.25, 0.3) is 0 Å². The van der Waals surface area contributed by atoms with Crippen molar-refractivity contribution in [2.45, 2.75) is 31.8 Å². The van der Waals surface area contributed by atoms with Gasteiger partial charge in [-0.25, -0.2) is 0 Å². The van der Waals surface area contributed by atoms with Crippen molar-refractivity contribution < 1.29 is 4.74 Å². The van der Waals surface area contributed by atoms with Crippen molar-refractivity contribution in [1.82, 2.24) is 0 Å². The molecule has 0 spiro atoms. The molecule has 1 aromatic carbocycles. The van der Waals surface area contributed by atoms with Gasteiger partial charge >= 0.3 is 0 Å². The van der Waals surface area contributed by atoms with Crippen molar-refractivity contribution in [3.63, 3.8) is 0 Å². The van der Waals surface area contributed by atoms with E-state index in [2.05, 4.69) is 56.1 Å². The second-order valence-corrected chi connectivity index (χ2v) is 6.15. The van der Waals surface area contributed by atoms with Gasteiger partial charge in [0.2, 0.25) is 0 Å². The van der Waals surface area contributed by atoms with Crippen LogP contribution in [-0.4, -0.2) is 12.6 Å². The summed E-state index contributed by atoms with van der Waals surface area (Å²) in [6.07, 6.45) is 8.85. The first-order valence-electron chi connectivity index (χ1n) is 6.22. The first kappa shape index (κ1) is 14.1. The molecule has 0 saturated heterocycles. The predicted octanol–water partition coefficient (Wildman–Crippen LogP) is 4.20. The molecule has 0 saturated carbocycles. The van der Waals surface area contributed by atoms with Crippen molar-refractivity contribution in [2.75, 3.05) is 6.54 Å². The standard InChI is InChI=1S/C14H17Br2NO/c15-12-8-10(6-7-17)9-13(16)14(12)18-11-4-2-1-3-5-11/h2,4,8-9,11H,1,3,5-7,17H2. The maximum atomic E-state index is 6.04. The molecule has 2 rings (SSSR count). The molecule has 1 unspecified atom stereocenters. The summed E-state index contributed by atoms with van der Waals surface area (Å²) in [5.74, 6) is 0.882. The van der Waals surface area contributed by atoms with Gasteiger partial charge in [-0.3, -0.25) is 0 Å². The van der Waals surface area contributed by atoms with Crippen LogP contribution in [0.15, 0.2) is 33.2 Å². The van der Waals surface area contributed by atoms with Gasteiger partial charge in [-0.15, -0.1) is 0 Å². The molecule has 0 aliphatic heterocycles. The number of hydrogen-bond acceptors (Lipinski definition) is 2. The second-order valence-electron chi connectivity index (χ2n) is 4.44. The van der Waals surface area contributed by atoms with Crippen molar-refractivity contribution in [1.29, 1.82) is 0 Å². The molecule has 0 amide bonds. The van der Waals surface area contributed by atoms with Gasteiger partial charge in [0.15, 0.2) is 0 Å². The molecule has 0 radical (unpaired) electrons. The third-order valence-electron chi connectivity index (χ3n) is 2.97. The van der Waals surface area contributed by atoms with Crippen molar-refractivity contribution in [3.05, 3.63) is 38.8 Å². The smallest absolute Gasteiger partial charge is 0.148 e. The molecule has 1 atom stereocenters. The highest BCUT2D eigenvalue weighted by Gasteiger charge is 2.15. The average molecular weight is 375 g/mol. The third-order valence-corrected chi connectivity index (χ3v) is 4.15. The maximum absolute atomic E-state index is 6.04. The van der Waals surface area contributed by atoms with Gasteiger partial charge in [0.1, 0.15) is 11.9 Å². The van der Waals surface area contributed by atoms with Crippen LogP contribution < -0.4 is 10.5 Å². The molecule has 4 heteroatoms. The zero-order valence-electron chi connectivity index (χ0n) is 10.2. The summed E-state index contributed by atoms with van der Waals surface area (Å²) in [4.78, 5) is 0. The molecule has 1 aliphatic carbocycles. The molecule has 98 valence electrons. The summed E-state index contributed by atoms with van der Waals surface area (Å²) in [6.45, 7) is 0.657. The Kier molecular flexibility index (Phi) is 5.27. The van der Waals surface area contributed by atoms with Crippen LogP contribution in [0.4, 0.5) is 0 Å². The highest BCUT2D eigenvalue weighted by molar-refractivity contribution is 9.11. The minimum absolute atomic E-state index is 0.187. The molecule has 0 bridgehead atoms. The van der Waals surface area contributed by atoms with Crippen LogP contribution in [0, 0.1) is 0 Å². The Bertz CT molecular complexity index is 422. The minimum atomic E-state index is 0.187. The Balaban J connectivity index is 2.17. The Morgan fingerprint density at radius 2 is 2.00 bits per heavy atom. The van der Waals surface area contributed by atoms with Crippen molar-refractivity contribution >= 4 is 31.9 Å². The van der Waals surface area contributed by atoms with E-state index in [1.54, 1.807) is 0 Å². The van der Waals surface area contributed by atoms with Crippen LogP contribution in [0.1, 0.15) is 24.8 Å². The van der Waals surface area contributed by atoms with E-state index in [4.69, 9.17) is 10.5 Å². The highest BCUT2D eigenvalue weighted by Crippen LogP contribution is 2.36. The molecule has 1 aliphatic rings. The van der Waals surface area contributed by atoms with Crippen LogP contribution in [0.5, 0.6) is 5.75 Å². The summed E-state index contributed by atoms with van der Waals surface area (Å²) in [6, 6.07) is 4.17. The lowest BCUT2D eigenvalue weighted by molar-refractivity contribution is 0.227. The number of benzene rings is 1. The molecule has 1 aromatic rings. The van der Waals surface area contributed by atoms with E-state index in [0.717, 1.165) is 34.0 Å². The van der Waals surface area contributed by atoms with Gasteiger partial charge in [-0.2, -0.15) is 0 Å². The lowest BCUT2D eigenvalue weighted by Gasteiger charge is -2.20. The van der Waals surface area contributed by atoms with E-state index in [9.17, 15) is 0 Å². The van der Waals surface area contributed by atoms with Crippen LogP contribution in [0.25, 0.3) is 0 Å². The Morgan fingerprint density at radius 3 is 2.56 bits per heavy atom. The molecule has 0 heterocycles.